The zero-order valence-corrected chi connectivity index (χ0v) is 21.0. The van der Waals surface area contributed by atoms with Crippen LogP contribution >= 0.6 is 23.2 Å². The van der Waals surface area contributed by atoms with Gasteiger partial charge in [-0.15, -0.1) is 0 Å². The van der Waals surface area contributed by atoms with E-state index in [4.69, 9.17) is 23.2 Å². The van der Waals surface area contributed by atoms with E-state index in [0.717, 1.165) is 23.1 Å². The van der Waals surface area contributed by atoms with Gasteiger partial charge in [-0.1, -0.05) is 84.7 Å². The summed E-state index contributed by atoms with van der Waals surface area (Å²) in [6.07, 6.45) is 1.35. The number of rotatable bonds is 10. The lowest BCUT2D eigenvalue weighted by atomic mass is 10.0. The molecule has 0 unspecified atom stereocenters. The summed E-state index contributed by atoms with van der Waals surface area (Å²) in [5.74, 6) is -0.317. The summed E-state index contributed by atoms with van der Waals surface area (Å²) in [6.45, 7) is 4.25. The minimum Gasteiger partial charge on any atom is -0.352 e. The summed E-state index contributed by atoms with van der Waals surface area (Å²) >= 11 is 12.4. The molecule has 0 bridgehead atoms. The first-order valence-corrected chi connectivity index (χ1v) is 12.2. The Labute approximate surface area is 211 Å². The van der Waals surface area contributed by atoms with Gasteiger partial charge >= 0.3 is 0 Å². The number of carbonyl (C=O) groups is 2. The molecule has 1 N–H and O–H groups in total. The number of hydrogen-bond acceptors (Lipinski definition) is 2. The molecule has 3 rings (SSSR count). The van der Waals surface area contributed by atoms with Gasteiger partial charge in [0.15, 0.2) is 0 Å². The summed E-state index contributed by atoms with van der Waals surface area (Å²) in [7, 11) is 0. The van der Waals surface area contributed by atoms with Gasteiger partial charge in [-0.25, -0.2) is 0 Å². The maximum absolute atomic E-state index is 13.7. The predicted octanol–water partition coefficient (Wildman–Crippen LogP) is 6.09. The van der Waals surface area contributed by atoms with Gasteiger partial charge in [0.25, 0.3) is 0 Å². The highest BCUT2D eigenvalue weighted by atomic mass is 35.5. The van der Waals surface area contributed by atoms with E-state index in [-0.39, 0.29) is 30.8 Å². The highest BCUT2D eigenvalue weighted by Gasteiger charge is 2.31. The first-order chi connectivity index (χ1) is 16.4. The number of nitrogens with zero attached hydrogens (tertiary/aromatic N) is 1. The minimum atomic E-state index is -0.679. The van der Waals surface area contributed by atoms with Crippen molar-refractivity contribution in [2.75, 3.05) is 0 Å². The van der Waals surface area contributed by atoms with Gasteiger partial charge in [-0.05, 0) is 54.3 Å². The summed E-state index contributed by atoms with van der Waals surface area (Å²) < 4.78 is 0. The molecule has 0 aromatic heterocycles. The standard InChI is InChI=1S/C28H30Cl2N2O2/c1-3-20(2)31-28(34)26(17-21-9-5-4-6-10-21)32(19-23-12-8-14-25(30)16-23)27(33)18-22-11-7-13-24(29)15-22/h4-16,20,26H,3,17-19H2,1-2H3,(H,31,34)/t20-,26-/m1/s1. The molecule has 178 valence electrons. The van der Waals surface area contributed by atoms with Crippen LogP contribution in [0.15, 0.2) is 78.9 Å². The normalized spacial score (nSPS) is 12.6. The van der Waals surface area contributed by atoms with Gasteiger partial charge in [-0.2, -0.15) is 0 Å². The minimum absolute atomic E-state index is 0.00169. The molecule has 0 heterocycles. The van der Waals surface area contributed by atoms with E-state index in [1.807, 2.05) is 74.5 Å². The Hall–Kier alpha value is -2.82. The molecule has 0 spiro atoms. The highest BCUT2D eigenvalue weighted by molar-refractivity contribution is 6.30. The monoisotopic (exact) mass is 496 g/mol. The third-order valence-electron chi connectivity index (χ3n) is 5.76. The quantitative estimate of drug-likeness (QED) is 0.369. The Bertz CT molecular complexity index is 1100. The number of nitrogens with one attached hydrogen (secondary N) is 1. The van der Waals surface area contributed by atoms with Gasteiger partial charge < -0.3 is 10.2 Å². The Morgan fingerprint density at radius 3 is 2.06 bits per heavy atom. The van der Waals surface area contributed by atoms with Gasteiger partial charge in [0.05, 0.1) is 6.42 Å². The summed E-state index contributed by atoms with van der Waals surface area (Å²) in [6, 6.07) is 23.7. The van der Waals surface area contributed by atoms with Crippen molar-refractivity contribution in [3.05, 3.63) is 106 Å². The highest BCUT2D eigenvalue weighted by Crippen LogP contribution is 2.20. The van der Waals surface area contributed by atoms with Crippen LogP contribution in [0.1, 0.15) is 37.0 Å². The Balaban J connectivity index is 1.97. The van der Waals surface area contributed by atoms with Crippen molar-refractivity contribution in [1.82, 2.24) is 10.2 Å². The lowest BCUT2D eigenvalue weighted by Gasteiger charge is -2.32. The molecule has 0 radical (unpaired) electrons. The topological polar surface area (TPSA) is 49.4 Å². The average molecular weight is 497 g/mol. The van der Waals surface area contributed by atoms with Crippen molar-refractivity contribution in [2.24, 2.45) is 0 Å². The number of halogens is 2. The fourth-order valence-corrected chi connectivity index (χ4v) is 4.18. The molecule has 2 atom stereocenters. The number of hydrogen-bond donors (Lipinski definition) is 1. The van der Waals surface area contributed by atoms with Crippen molar-refractivity contribution in [3.63, 3.8) is 0 Å². The molecular weight excluding hydrogens is 467 g/mol. The largest absolute Gasteiger partial charge is 0.352 e. The zero-order chi connectivity index (χ0) is 24.5. The second-order valence-electron chi connectivity index (χ2n) is 8.48. The second kappa shape index (κ2) is 12.6. The van der Waals surface area contributed by atoms with E-state index < -0.39 is 6.04 Å². The fraction of sp³-hybridized carbons (Fsp3) is 0.286. The van der Waals surface area contributed by atoms with E-state index in [2.05, 4.69) is 5.32 Å². The summed E-state index contributed by atoms with van der Waals surface area (Å²) in [4.78, 5) is 28.8. The molecule has 0 aliphatic heterocycles. The van der Waals surface area contributed by atoms with E-state index in [1.54, 1.807) is 23.1 Å². The van der Waals surface area contributed by atoms with Crippen LogP contribution in [0.3, 0.4) is 0 Å². The third-order valence-corrected chi connectivity index (χ3v) is 6.23. The van der Waals surface area contributed by atoms with Crippen LogP contribution in [0.2, 0.25) is 10.0 Å². The molecule has 34 heavy (non-hydrogen) atoms. The first kappa shape index (κ1) is 25.8. The van der Waals surface area contributed by atoms with Gasteiger partial charge in [0.2, 0.25) is 11.8 Å². The van der Waals surface area contributed by atoms with Crippen LogP contribution in [0.4, 0.5) is 0 Å². The Morgan fingerprint density at radius 1 is 0.853 bits per heavy atom. The molecular formula is C28H30Cl2N2O2. The maximum atomic E-state index is 13.7. The van der Waals surface area contributed by atoms with Crippen LogP contribution in [0.25, 0.3) is 0 Å². The summed E-state index contributed by atoms with van der Waals surface area (Å²) in [5.41, 5.74) is 2.65. The van der Waals surface area contributed by atoms with Crippen LogP contribution in [0.5, 0.6) is 0 Å². The SMILES string of the molecule is CC[C@@H](C)NC(=O)[C@@H](Cc1ccccc1)N(Cc1cccc(Cl)c1)C(=O)Cc1cccc(Cl)c1. The van der Waals surface area contributed by atoms with Crippen LogP contribution in [-0.2, 0) is 29.0 Å². The van der Waals surface area contributed by atoms with Crippen LogP contribution < -0.4 is 5.32 Å². The van der Waals surface area contributed by atoms with Crippen LogP contribution in [0, 0.1) is 0 Å². The molecule has 6 heteroatoms. The molecule has 0 saturated carbocycles. The van der Waals surface area contributed by atoms with Gasteiger partial charge in [0, 0.05) is 29.1 Å². The molecule has 0 aliphatic rings. The van der Waals surface area contributed by atoms with Crippen molar-refractivity contribution in [1.29, 1.82) is 0 Å². The van der Waals surface area contributed by atoms with Gasteiger partial charge in [0.1, 0.15) is 6.04 Å². The molecule has 2 amide bonds. The lowest BCUT2D eigenvalue weighted by molar-refractivity contribution is -0.141. The maximum Gasteiger partial charge on any atom is 0.243 e. The van der Waals surface area contributed by atoms with Crippen molar-refractivity contribution in [3.8, 4) is 0 Å². The molecule has 0 fully saturated rings. The second-order valence-corrected chi connectivity index (χ2v) is 9.35. The van der Waals surface area contributed by atoms with Crippen molar-refractivity contribution < 1.29 is 9.59 Å². The predicted molar refractivity (Wildman–Crippen MR) is 139 cm³/mol. The zero-order valence-electron chi connectivity index (χ0n) is 19.5. The smallest absolute Gasteiger partial charge is 0.243 e. The van der Waals surface area contributed by atoms with E-state index in [1.165, 1.54) is 0 Å². The molecule has 3 aromatic rings. The molecule has 0 saturated heterocycles. The Morgan fingerprint density at radius 2 is 1.44 bits per heavy atom. The number of carbonyl (C=O) groups excluding carboxylic acids is 2. The van der Waals surface area contributed by atoms with Crippen LogP contribution in [-0.4, -0.2) is 28.8 Å². The fourth-order valence-electron chi connectivity index (χ4n) is 3.75. The Kier molecular flexibility index (Phi) is 9.55. The average Bonchev–Trinajstić information content (AvgIpc) is 2.81. The molecule has 4 nitrogen and oxygen atoms in total. The van der Waals surface area contributed by atoms with Crippen molar-refractivity contribution >= 4 is 35.0 Å². The third kappa shape index (κ3) is 7.61. The molecule has 3 aromatic carbocycles. The number of benzene rings is 3. The first-order valence-electron chi connectivity index (χ1n) is 11.5. The number of amides is 2. The van der Waals surface area contributed by atoms with E-state index in [0.29, 0.717) is 16.5 Å². The van der Waals surface area contributed by atoms with Crippen molar-refractivity contribution in [2.45, 2.75) is 51.7 Å². The van der Waals surface area contributed by atoms with Gasteiger partial charge in [-0.3, -0.25) is 9.59 Å². The molecule has 0 aliphatic carbocycles. The lowest BCUT2D eigenvalue weighted by Crippen LogP contribution is -2.52. The van der Waals surface area contributed by atoms with E-state index in [9.17, 15) is 9.59 Å². The summed E-state index contributed by atoms with van der Waals surface area (Å²) in [5, 5.41) is 4.23. The van der Waals surface area contributed by atoms with E-state index >= 15 is 0 Å².